The Kier molecular flexibility index (Phi) is 4.88. The lowest BCUT2D eigenvalue weighted by Gasteiger charge is -2.40. The molecule has 1 aliphatic rings. The van der Waals surface area contributed by atoms with Crippen molar-refractivity contribution in [3.8, 4) is 0 Å². The van der Waals surface area contributed by atoms with Crippen molar-refractivity contribution in [3.05, 3.63) is 75.8 Å². The Bertz CT molecular complexity index is 821. The van der Waals surface area contributed by atoms with Crippen molar-refractivity contribution < 1.29 is 18.7 Å². The molecule has 2 aromatic carbocycles. The van der Waals surface area contributed by atoms with Crippen LogP contribution in [0.15, 0.2) is 48.0 Å². The molecule has 3 rings (SSSR count). The zero-order chi connectivity index (χ0) is 18.1. The number of likely N-dealkylation sites (tertiary alicyclic amines) is 1. The second kappa shape index (κ2) is 6.94. The summed E-state index contributed by atoms with van der Waals surface area (Å²) in [5, 5.41) is 10.1. The summed E-state index contributed by atoms with van der Waals surface area (Å²) < 4.78 is 26.8. The molecule has 0 bridgehead atoms. The SMILES string of the molecule is CC(c1ccc(Cl)cc1)N1CC(=C(C(=O)O)c2cc(F)cc(F)c2)C1. The van der Waals surface area contributed by atoms with E-state index >= 15 is 0 Å². The number of carbonyl (C=O) groups is 1. The minimum atomic E-state index is -1.18. The first-order valence-electron chi connectivity index (χ1n) is 7.76. The summed E-state index contributed by atoms with van der Waals surface area (Å²) in [5.74, 6) is -2.76. The minimum absolute atomic E-state index is 0.0297. The second-order valence-electron chi connectivity index (χ2n) is 6.07. The topological polar surface area (TPSA) is 40.5 Å². The number of hydrogen-bond acceptors (Lipinski definition) is 2. The third-order valence-corrected chi connectivity index (χ3v) is 4.66. The molecule has 130 valence electrons. The fourth-order valence-electron chi connectivity index (χ4n) is 3.01. The molecule has 1 saturated heterocycles. The second-order valence-corrected chi connectivity index (χ2v) is 6.51. The molecule has 2 aromatic rings. The van der Waals surface area contributed by atoms with E-state index in [1.807, 2.05) is 31.2 Å². The van der Waals surface area contributed by atoms with E-state index in [1.165, 1.54) is 0 Å². The van der Waals surface area contributed by atoms with Crippen LogP contribution in [-0.4, -0.2) is 29.1 Å². The lowest BCUT2D eigenvalue weighted by atomic mass is 9.92. The Balaban J connectivity index is 1.83. The van der Waals surface area contributed by atoms with E-state index in [9.17, 15) is 18.7 Å². The average Bonchev–Trinajstić information content (AvgIpc) is 2.49. The van der Waals surface area contributed by atoms with Crippen LogP contribution in [0, 0.1) is 11.6 Å². The third-order valence-electron chi connectivity index (χ3n) is 4.41. The van der Waals surface area contributed by atoms with Gasteiger partial charge < -0.3 is 5.11 Å². The molecule has 1 N–H and O–H groups in total. The number of carboxylic acid groups (broad SMARTS) is 1. The fourth-order valence-corrected chi connectivity index (χ4v) is 3.13. The highest BCUT2D eigenvalue weighted by molar-refractivity contribution is 6.30. The molecule has 25 heavy (non-hydrogen) atoms. The van der Waals surface area contributed by atoms with Gasteiger partial charge in [-0.3, -0.25) is 4.90 Å². The van der Waals surface area contributed by atoms with Crippen molar-refractivity contribution in [2.24, 2.45) is 0 Å². The molecule has 1 unspecified atom stereocenters. The summed E-state index contributed by atoms with van der Waals surface area (Å²) >= 11 is 5.89. The Morgan fingerprint density at radius 3 is 2.20 bits per heavy atom. The van der Waals surface area contributed by atoms with Gasteiger partial charge in [0, 0.05) is 30.2 Å². The van der Waals surface area contributed by atoms with E-state index in [2.05, 4.69) is 4.90 Å². The molecule has 0 spiro atoms. The van der Waals surface area contributed by atoms with Gasteiger partial charge in [0.25, 0.3) is 0 Å². The summed E-state index contributed by atoms with van der Waals surface area (Å²) in [5.41, 5.74) is 1.74. The third kappa shape index (κ3) is 3.72. The van der Waals surface area contributed by atoms with Gasteiger partial charge in [-0.05, 0) is 47.9 Å². The van der Waals surface area contributed by atoms with Crippen LogP contribution in [0.25, 0.3) is 5.57 Å². The number of halogens is 3. The highest BCUT2D eigenvalue weighted by Gasteiger charge is 2.31. The predicted molar refractivity (Wildman–Crippen MR) is 92.4 cm³/mol. The molecular formula is C19H16ClF2NO2. The highest BCUT2D eigenvalue weighted by atomic mass is 35.5. The molecule has 3 nitrogen and oxygen atoms in total. The first-order valence-corrected chi connectivity index (χ1v) is 8.14. The summed E-state index contributed by atoms with van der Waals surface area (Å²) in [6, 6.07) is 10.4. The van der Waals surface area contributed by atoms with E-state index in [-0.39, 0.29) is 17.2 Å². The normalized spacial score (nSPS) is 15.6. The maximum Gasteiger partial charge on any atom is 0.336 e. The van der Waals surface area contributed by atoms with Crippen LogP contribution in [0.4, 0.5) is 8.78 Å². The van der Waals surface area contributed by atoms with Crippen LogP contribution in [0.5, 0.6) is 0 Å². The van der Waals surface area contributed by atoms with Crippen molar-refractivity contribution in [2.75, 3.05) is 13.1 Å². The summed E-state index contributed by atoms with van der Waals surface area (Å²) in [7, 11) is 0. The molecular weight excluding hydrogens is 348 g/mol. The van der Waals surface area contributed by atoms with Gasteiger partial charge in [0.2, 0.25) is 0 Å². The lowest BCUT2D eigenvalue weighted by molar-refractivity contribution is -0.130. The molecule has 1 atom stereocenters. The smallest absolute Gasteiger partial charge is 0.336 e. The standard InChI is InChI=1S/C19H16ClF2NO2/c1-11(12-2-4-15(20)5-3-12)23-9-14(10-23)18(19(24)25)13-6-16(21)8-17(22)7-13/h2-8,11H,9-10H2,1H3,(H,24,25). The van der Waals surface area contributed by atoms with Gasteiger partial charge in [-0.2, -0.15) is 0 Å². The van der Waals surface area contributed by atoms with Crippen LogP contribution >= 0.6 is 11.6 Å². The molecule has 0 radical (unpaired) electrons. The van der Waals surface area contributed by atoms with E-state index < -0.39 is 17.6 Å². The van der Waals surface area contributed by atoms with Crippen LogP contribution in [0.2, 0.25) is 5.02 Å². The Morgan fingerprint density at radius 2 is 1.68 bits per heavy atom. The summed E-state index contributed by atoms with van der Waals surface area (Å²) in [4.78, 5) is 13.7. The predicted octanol–water partition coefficient (Wildman–Crippen LogP) is 4.53. The van der Waals surface area contributed by atoms with Crippen molar-refractivity contribution >= 4 is 23.1 Å². The van der Waals surface area contributed by atoms with Gasteiger partial charge in [-0.15, -0.1) is 0 Å². The first-order chi connectivity index (χ1) is 11.8. The molecule has 1 fully saturated rings. The monoisotopic (exact) mass is 363 g/mol. The van der Waals surface area contributed by atoms with Gasteiger partial charge in [0.05, 0.1) is 5.57 Å². The minimum Gasteiger partial charge on any atom is -0.478 e. The summed E-state index contributed by atoms with van der Waals surface area (Å²) in [6.45, 7) is 2.88. The van der Waals surface area contributed by atoms with Gasteiger partial charge in [-0.25, -0.2) is 13.6 Å². The van der Waals surface area contributed by atoms with Crippen LogP contribution < -0.4 is 0 Å². The van der Waals surface area contributed by atoms with E-state index in [4.69, 9.17) is 11.6 Å². The molecule has 1 aliphatic heterocycles. The average molecular weight is 364 g/mol. The Labute approximate surface area is 149 Å². The van der Waals surface area contributed by atoms with Crippen molar-refractivity contribution in [1.29, 1.82) is 0 Å². The molecule has 0 saturated carbocycles. The number of aliphatic carboxylic acids is 1. The largest absolute Gasteiger partial charge is 0.478 e. The zero-order valence-electron chi connectivity index (χ0n) is 13.5. The van der Waals surface area contributed by atoms with Crippen LogP contribution in [0.1, 0.15) is 24.1 Å². The van der Waals surface area contributed by atoms with Crippen LogP contribution in [-0.2, 0) is 4.79 Å². The summed E-state index contributed by atoms with van der Waals surface area (Å²) in [6.07, 6.45) is 0. The van der Waals surface area contributed by atoms with E-state index in [1.54, 1.807) is 0 Å². The molecule has 0 amide bonds. The van der Waals surface area contributed by atoms with Gasteiger partial charge in [0.1, 0.15) is 11.6 Å². The molecule has 0 aromatic heterocycles. The van der Waals surface area contributed by atoms with Gasteiger partial charge >= 0.3 is 5.97 Å². The Morgan fingerprint density at radius 1 is 1.12 bits per heavy atom. The van der Waals surface area contributed by atoms with Crippen LogP contribution in [0.3, 0.4) is 0 Å². The number of carboxylic acids is 1. The van der Waals surface area contributed by atoms with Crippen molar-refractivity contribution in [3.63, 3.8) is 0 Å². The molecule has 1 heterocycles. The fraction of sp³-hybridized carbons (Fsp3) is 0.211. The van der Waals surface area contributed by atoms with E-state index in [0.717, 1.165) is 23.8 Å². The lowest BCUT2D eigenvalue weighted by Crippen LogP contribution is -2.42. The number of hydrogen-bond donors (Lipinski definition) is 1. The van der Waals surface area contributed by atoms with Gasteiger partial charge in [-0.1, -0.05) is 23.7 Å². The number of nitrogens with zero attached hydrogens (tertiary/aromatic N) is 1. The zero-order valence-corrected chi connectivity index (χ0v) is 14.2. The first kappa shape index (κ1) is 17.6. The van der Waals surface area contributed by atoms with Crippen molar-refractivity contribution in [1.82, 2.24) is 4.90 Å². The highest BCUT2D eigenvalue weighted by Crippen LogP contribution is 2.33. The Hall–Kier alpha value is -2.24. The van der Waals surface area contributed by atoms with E-state index in [0.29, 0.717) is 23.7 Å². The van der Waals surface area contributed by atoms with Gasteiger partial charge in [0.15, 0.2) is 0 Å². The maximum atomic E-state index is 13.4. The quantitative estimate of drug-likeness (QED) is 0.811. The number of benzene rings is 2. The van der Waals surface area contributed by atoms with Crippen molar-refractivity contribution in [2.45, 2.75) is 13.0 Å². The maximum absolute atomic E-state index is 13.4. The molecule has 6 heteroatoms. The number of rotatable bonds is 4. The molecule has 0 aliphatic carbocycles.